The molecule has 3 saturated heterocycles. The van der Waals surface area contributed by atoms with Gasteiger partial charge in [-0.3, -0.25) is 9.59 Å². The number of carbonyl (C=O) groups is 4. The predicted molar refractivity (Wildman–Crippen MR) is 232 cm³/mol. The van der Waals surface area contributed by atoms with Crippen LogP contribution in [0.5, 0.6) is 0 Å². The number of likely N-dealkylation sites (tertiary alicyclic amines) is 2. The van der Waals surface area contributed by atoms with Crippen molar-refractivity contribution < 1.29 is 33.4 Å². The van der Waals surface area contributed by atoms with Gasteiger partial charge in [-0.25, -0.2) is 19.6 Å². The van der Waals surface area contributed by atoms with Crippen molar-refractivity contribution in [3.63, 3.8) is 0 Å². The minimum atomic E-state index is -0.886. The van der Waals surface area contributed by atoms with E-state index in [4.69, 9.17) is 24.2 Å². The Balaban J connectivity index is 0.908. The fourth-order valence-electron chi connectivity index (χ4n) is 9.31. The second-order valence-corrected chi connectivity index (χ2v) is 16.2. The molecule has 62 heavy (non-hydrogen) atoms. The molecule has 0 radical (unpaired) electrons. The number of aromatic nitrogens is 4. The van der Waals surface area contributed by atoms with Crippen LogP contribution in [0.15, 0.2) is 91.1 Å². The second kappa shape index (κ2) is 17.7. The Morgan fingerprint density at radius 2 is 1.34 bits per heavy atom. The zero-order valence-corrected chi connectivity index (χ0v) is 34.8. The van der Waals surface area contributed by atoms with Crippen molar-refractivity contribution in [1.29, 1.82) is 0 Å². The van der Waals surface area contributed by atoms with Crippen molar-refractivity contribution in [3.8, 4) is 22.4 Å². The number of fused-ring (bicyclic) bond motifs is 2. The maximum Gasteiger partial charge on any atom is 0.407 e. The molecular weight excluding hydrogens is 789 g/mol. The van der Waals surface area contributed by atoms with Gasteiger partial charge in [0.1, 0.15) is 23.7 Å². The summed E-state index contributed by atoms with van der Waals surface area (Å²) in [4.78, 5) is 73.0. The standard InChI is InChI=1S/C47H50N8O7/c1-60-46(58)52-40(28-8-4-3-5-9-28)44(56)54-20-6-10-38(54)42-48-27-37(51-42)34-15-14-30-24-31(12-13-32(30)25-34)33-16-17-35-36(26-33)50-43(49-35)39-11-7-21-55(39)45(57)41(53-47(59)61-2)29-18-22-62-23-19-29/h3-5,8-9,12-17,24-27,29,38-41H,6-7,10-11,18-23H2,1-2H3,(H,48,51)(H,49,50)(H,52,58)(H,53,59)/t38-,39-,40+,41-/m0/s1. The van der Waals surface area contributed by atoms with E-state index in [0.717, 1.165) is 75.7 Å². The zero-order valence-electron chi connectivity index (χ0n) is 34.8. The number of benzene rings is 4. The van der Waals surface area contributed by atoms with Crippen molar-refractivity contribution in [1.82, 2.24) is 40.4 Å². The minimum absolute atomic E-state index is 0.0348. The minimum Gasteiger partial charge on any atom is -0.453 e. The van der Waals surface area contributed by atoms with Crippen molar-refractivity contribution in [2.24, 2.45) is 5.92 Å². The molecule has 0 spiro atoms. The normalized spacial score (nSPS) is 19.1. The van der Waals surface area contributed by atoms with Crippen LogP contribution in [0, 0.1) is 5.92 Å². The summed E-state index contributed by atoms with van der Waals surface area (Å²) in [5.41, 5.74) is 6.29. The highest BCUT2D eigenvalue weighted by atomic mass is 16.5. The Labute approximate surface area is 358 Å². The fourth-order valence-corrected chi connectivity index (χ4v) is 9.31. The van der Waals surface area contributed by atoms with Gasteiger partial charge in [0.2, 0.25) is 5.91 Å². The van der Waals surface area contributed by atoms with E-state index in [9.17, 15) is 19.2 Å². The average Bonchev–Trinajstić information content (AvgIpc) is 4.16. The number of nitrogens with one attached hydrogen (secondary N) is 4. The molecule has 2 aromatic heterocycles. The van der Waals surface area contributed by atoms with Gasteiger partial charge >= 0.3 is 12.2 Å². The van der Waals surface area contributed by atoms with Crippen LogP contribution >= 0.6 is 0 Å². The van der Waals surface area contributed by atoms with E-state index in [0.29, 0.717) is 50.5 Å². The van der Waals surface area contributed by atoms with Gasteiger partial charge in [-0.15, -0.1) is 0 Å². The van der Waals surface area contributed by atoms with Crippen molar-refractivity contribution >= 4 is 45.8 Å². The van der Waals surface area contributed by atoms with Crippen LogP contribution in [0.4, 0.5) is 9.59 Å². The summed E-state index contributed by atoms with van der Waals surface area (Å²) in [5, 5.41) is 7.69. The molecule has 4 aromatic carbocycles. The van der Waals surface area contributed by atoms with E-state index in [1.54, 1.807) is 4.90 Å². The predicted octanol–water partition coefficient (Wildman–Crippen LogP) is 7.35. The summed E-state index contributed by atoms with van der Waals surface area (Å²) in [6, 6.07) is 26.0. The molecule has 0 saturated carbocycles. The topological polar surface area (TPSA) is 184 Å². The summed E-state index contributed by atoms with van der Waals surface area (Å²) >= 11 is 0. The molecule has 320 valence electrons. The van der Waals surface area contributed by atoms with E-state index >= 15 is 0 Å². The van der Waals surface area contributed by atoms with E-state index in [2.05, 4.69) is 69.1 Å². The molecule has 0 unspecified atom stereocenters. The third kappa shape index (κ3) is 8.19. The van der Waals surface area contributed by atoms with Gasteiger partial charge in [-0.2, -0.15) is 0 Å². The van der Waals surface area contributed by atoms with Gasteiger partial charge in [-0.05, 0) is 96.2 Å². The van der Waals surface area contributed by atoms with Gasteiger partial charge in [0.05, 0.1) is 49.2 Å². The first-order valence-corrected chi connectivity index (χ1v) is 21.3. The third-order valence-corrected chi connectivity index (χ3v) is 12.6. The molecule has 4 atom stereocenters. The first-order chi connectivity index (χ1) is 30.3. The molecule has 0 bridgehead atoms. The Bertz CT molecular complexity index is 2600. The van der Waals surface area contributed by atoms with Crippen LogP contribution in [0.25, 0.3) is 44.2 Å². The molecule has 15 heteroatoms. The lowest BCUT2D eigenvalue weighted by Crippen LogP contribution is -2.53. The molecule has 5 heterocycles. The largest absolute Gasteiger partial charge is 0.453 e. The van der Waals surface area contributed by atoms with Crippen LogP contribution in [-0.2, 0) is 23.8 Å². The molecule has 15 nitrogen and oxygen atoms in total. The number of hydrogen-bond acceptors (Lipinski definition) is 9. The van der Waals surface area contributed by atoms with Gasteiger partial charge in [0, 0.05) is 31.9 Å². The second-order valence-electron chi connectivity index (χ2n) is 16.2. The quantitative estimate of drug-likeness (QED) is 0.110. The highest BCUT2D eigenvalue weighted by Gasteiger charge is 2.40. The number of alkyl carbamates (subject to hydrolysis) is 2. The number of aromatic amines is 2. The SMILES string of the molecule is COC(=O)N[C@H](C(=O)N1CCC[C@H]1c1nc2ccc(-c3ccc4cc(-c5cnc([C@@H]6CCCN6C(=O)[C@H](NC(=O)OC)c6ccccc6)[nH]5)ccc4c3)cc2[nH]1)C1CCOCC1. The van der Waals surface area contributed by atoms with Crippen LogP contribution in [0.2, 0.25) is 0 Å². The van der Waals surface area contributed by atoms with Crippen molar-refractivity contribution in [3.05, 3.63) is 108 Å². The van der Waals surface area contributed by atoms with E-state index in [1.807, 2.05) is 47.5 Å². The lowest BCUT2D eigenvalue weighted by atomic mass is 9.90. The van der Waals surface area contributed by atoms with Gasteiger partial charge in [0.15, 0.2) is 0 Å². The molecule has 4 amide bonds. The Hall–Kier alpha value is -6.74. The number of methoxy groups -OCH3 is 2. The molecule has 3 fully saturated rings. The lowest BCUT2D eigenvalue weighted by Gasteiger charge is -2.34. The third-order valence-electron chi connectivity index (χ3n) is 12.6. The summed E-state index contributed by atoms with van der Waals surface area (Å²) in [6.45, 7) is 2.25. The number of ether oxygens (including phenoxy) is 3. The molecule has 3 aliphatic rings. The number of imidazole rings is 2. The number of rotatable bonds is 10. The highest BCUT2D eigenvalue weighted by Crippen LogP contribution is 2.37. The highest BCUT2D eigenvalue weighted by molar-refractivity contribution is 5.92. The molecule has 3 aliphatic heterocycles. The zero-order chi connectivity index (χ0) is 42.7. The van der Waals surface area contributed by atoms with Crippen LogP contribution < -0.4 is 10.6 Å². The molecular formula is C47H50N8O7. The van der Waals surface area contributed by atoms with Crippen molar-refractivity contribution in [2.45, 2.75) is 62.7 Å². The van der Waals surface area contributed by atoms with Crippen LogP contribution in [0.1, 0.15) is 73.9 Å². The summed E-state index contributed by atoms with van der Waals surface area (Å²) in [5.74, 6) is 1.07. The molecule has 4 N–H and O–H groups in total. The smallest absolute Gasteiger partial charge is 0.407 e. The fraction of sp³-hybridized carbons (Fsp3) is 0.362. The Kier molecular flexibility index (Phi) is 11.6. The summed E-state index contributed by atoms with van der Waals surface area (Å²) in [7, 11) is 2.59. The molecule has 9 rings (SSSR count). The summed E-state index contributed by atoms with van der Waals surface area (Å²) < 4.78 is 15.3. The first kappa shape index (κ1) is 40.7. The Morgan fingerprint density at radius 1 is 0.710 bits per heavy atom. The van der Waals surface area contributed by atoms with Gasteiger partial charge < -0.3 is 44.6 Å². The van der Waals surface area contributed by atoms with Crippen LogP contribution in [-0.4, -0.2) is 100 Å². The van der Waals surface area contributed by atoms with Gasteiger partial charge in [0.25, 0.3) is 5.91 Å². The molecule has 0 aliphatic carbocycles. The number of H-pyrrole nitrogens is 2. The number of nitrogens with zero attached hydrogens (tertiary/aromatic N) is 4. The average molecular weight is 839 g/mol. The first-order valence-electron chi connectivity index (χ1n) is 21.3. The van der Waals surface area contributed by atoms with Crippen molar-refractivity contribution in [2.75, 3.05) is 40.5 Å². The van der Waals surface area contributed by atoms with Gasteiger partial charge in [-0.1, -0.05) is 60.7 Å². The maximum atomic E-state index is 14.1. The lowest BCUT2D eigenvalue weighted by molar-refractivity contribution is -0.137. The van der Waals surface area contributed by atoms with E-state index < -0.39 is 24.3 Å². The van der Waals surface area contributed by atoms with E-state index in [1.165, 1.54) is 14.2 Å². The monoisotopic (exact) mass is 838 g/mol. The number of amides is 4. The molecule has 6 aromatic rings. The maximum absolute atomic E-state index is 14.1. The number of hydrogen-bond donors (Lipinski definition) is 4. The van der Waals surface area contributed by atoms with E-state index in [-0.39, 0.29) is 29.8 Å². The summed E-state index contributed by atoms with van der Waals surface area (Å²) in [6.07, 6.45) is 5.07. The Morgan fingerprint density at radius 3 is 2.06 bits per heavy atom. The van der Waals surface area contributed by atoms with Crippen LogP contribution in [0.3, 0.4) is 0 Å². The number of carbonyl (C=O) groups excluding carboxylic acids is 4.